The molecule has 2 rings (SSSR count). The highest BCUT2D eigenvalue weighted by Gasteiger charge is 2.19. The lowest BCUT2D eigenvalue weighted by atomic mass is 10.0. The zero-order chi connectivity index (χ0) is 13.1. The Morgan fingerprint density at radius 3 is 2.28 bits per heavy atom. The zero-order valence-corrected chi connectivity index (χ0v) is 9.92. The molecule has 0 heterocycles. The van der Waals surface area contributed by atoms with Crippen molar-refractivity contribution in [1.82, 2.24) is 0 Å². The summed E-state index contributed by atoms with van der Waals surface area (Å²) in [6, 6.07) is 13.6. The Hall–Kier alpha value is -2.20. The van der Waals surface area contributed by atoms with Gasteiger partial charge in [-0.05, 0) is 28.8 Å². The first-order chi connectivity index (χ1) is 8.59. The molecule has 0 spiro atoms. The molecule has 0 aromatic heterocycles. The minimum Gasteiger partial charge on any atom is -0.275 e. The molecule has 0 amide bonds. The maximum atomic E-state index is 11.1. The fourth-order valence-electron chi connectivity index (χ4n) is 1.66. The van der Waals surface area contributed by atoms with E-state index in [-0.39, 0.29) is 11.3 Å². The van der Waals surface area contributed by atoms with Crippen LogP contribution in [0.25, 0.3) is 11.1 Å². The van der Waals surface area contributed by atoms with Gasteiger partial charge >= 0.3 is 0 Å². The highest BCUT2D eigenvalue weighted by atomic mass is 35.5. The predicted molar refractivity (Wildman–Crippen MR) is 68.7 cm³/mol. The lowest BCUT2D eigenvalue weighted by Crippen LogP contribution is -1.98. The van der Waals surface area contributed by atoms with Crippen molar-refractivity contribution in [3.05, 3.63) is 64.2 Å². The van der Waals surface area contributed by atoms with E-state index in [1.807, 2.05) is 30.3 Å². The molecule has 0 radical (unpaired) electrons. The predicted octanol–water partition coefficient (Wildman–Crippen LogP) is 3.64. The summed E-state index contributed by atoms with van der Waals surface area (Å²) in [5, 5.41) is 10.1. The molecule has 0 saturated carbocycles. The third kappa shape index (κ3) is 2.38. The Bertz CT molecular complexity index is 611. The van der Waals surface area contributed by atoms with Crippen molar-refractivity contribution in [2.75, 3.05) is 0 Å². The molecule has 5 heteroatoms. The lowest BCUT2D eigenvalue weighted by Gasteiger charge is -2.03. The molecule has 0 fully saturated rings. The van der Waals surface area contributed by atoms with Crippen LogP contribution in [0.5, 0.6) is 0 Å². The average molecular weight is 262 g/mol. The van der Waals surface area contributed by atoms with Crippen LogP contribution in [0.3, 0.4) is 0 Å². The first kappa shape index (κ1) is 12.3. The number of nitro benzene ring substituents is 1. The molecule has 0 bridgehead atoms. The van der Waals surface area contributed by atoms with Crippen molar-refractivity contribution < 1.29 is 9.72 Å². The number of nitro groups is 1. The van der Waals surface area contributed by atoms with Gasteiger partial charge in [-0.1, -0.05) is 36.4 Å². The van der Waals surface area contributed by atoms with Gasteiger partial charge in [0.1, 0.15) is 5.56 Å². The smallest absolute Gasteiger partial charge is 0.275 e. The molecule has 0 aliphatic rings. The maximum absolute atomic E-state index is 11.1. The number of benzene rings is 2. The SMILES string of the molecule is O=C(Cl)c1ccc(-c2ccccc2)cc1[N+](=O)[O-]. The summed E-state index contributed by atoms with van der Waals surface area (Å²) in [5.74, 6) is 0. The summed E-state index contributed by atoms with van der Waals surface area (Å²) >= 11 is 5.31. The minimum absolute atomic E-state index is 0.0960. The molecule has 2 aromatic carbocycles. The van der Waals surface area contributed by atoms with Crippen molar-refractivity contribution in [1.29, 1.82) is 0 Å². The number of carbonyl (C=O) groups excluding carboxylic acids is 1. The number of rotatable bonds is 3. The zero-order valence-electron chi connectivity index (χ0n) is 9.17. The van der Waals surface area contributed by atoms with Crippen molar-refractivity contribution in [3.63, 3.8) is 0 Å². The van der Waals surface area contributed by atoms with Crippen LogP contribution < -0.4 is 0 Å². The van der Waals surface area contributed by atoms with E-state index < -0.39 is 10.2 Å². The van der Waals surface area contributed by atoms with Crippen molar-refractivity contribution >= 4 is 22.5 Å². The summed E-state index contributed by atoms with van der Waals surface area (Å²) in [6.07, 6.45) is 0. The molecule has 0 aliphatic heterocycles. The van der Waals surface area contributed by atoms with Crippen LogP contribution in [0.15, 0.2) is 48.5 Å². The number of hydrogen-bond donors (Lipinski definition) is 0. The maximum Gasteiger partial charge on any atom is 0.282 e. The van der Waals surface area contributed by atoms with Gasteiger partial charge in [0.25, 0.3) is 10.9 Å². The number of hydrogen-bond acceptors (Lipinski definition) is 3. The van der Waals surface area contributed by atoms with Gasteiger partial charge in [0.05, 0.1) is 4.92 Å². The number of nitrogens with zero attached hydrogens (tertiary/aromatic N) is 1. The highest BCUT2D eigenvalue weighted by molar-refractivity contribution is 6.68. The van der Waals surface area contributed by atoms with Crippen LogP contribution >= 0.6 is 11.6 Å². The molecule has 90 valence electrons. The van der Waals surface area contributed by atoms with Crippen LogP contribution in [0.4, 0.5) is 5.69 Å². The van der Waals surface area contributed by atoms with Crippen molar-refractivity contribution in [2.24, 2.45) is 0 Å². The third-order valence-electron chi connectivity index (χ3n) is 2.51. The Kier molecular flexibility index (Phi) is 3.39. The van der Waals surface area contributed by atoms with E-state index in [1.165, 1.54) is 12.1 Å². The second-order valence-corrected chi connectivity index (χ2v) is 3.97. The molecule has 0 saturated heterocycles. The Morgan fingerprint density at radius 1 is 1.06 bits per heavy atom. The lowest BCUT2D eigenvalue weighted by molar-refractivity contribution is -0.385. The molecule has 0 aliphatic carbocycles. The molecule has 2 aromatic rings. The number of halogens is 1. The topological polar surface area (TPSA) is 60.2 Å². The quantitative estimate of drug-likeness (QED) is 0.481. The van der Waals surface area contributed by atoms with Crippen LogP contribution in [-0.2, 0) is 0 Å². The molecule has 0 N–H and O–H groups in total. The van der Waals surface area contributed by atoms with Crippen molar-refractivity contribution in [3.8, 4) is 11.1 Å². The van der Waals surface area contributed by atoms with Crippen LogP contribution in [0.1, 0.15) is 10.4 Å². The molecule has 4 nitrogen and oxygen atoms in total. The normalized spacial score (nSPS) is 10.1. The standard InChI is InChI=1S/C13H8ClNO3/c14-13(16)11-7-6-10(8-12(11)15(17)18)9-4-2-1-3-5-9/h1-8H. The fourth-order valence-corrected chi connectivity index (χ4v) is 1.82. The van der Waals surface area contributed by atoms with E-state index in [1.54, 1.807) is 6.07 Å². The van der Waals surface area contributed by atoms with E-state index in [2.05, 4.69) is 0 Å². The Morgan fingerprint density at radius 2 is 1.72 bits per heavy atom. The summed E-state index contributed by atoms with van der Waals surface area (Å²) < 4.78 is 0. The van der Waals surface area contributed by atoms with Gasteiger partial charge in [0, 0.05) is 6.07 Å². The second-order valence-electron chi connectivity index (χ2n) is 3.63. The van der Waals surface area contributed by atoms with Crippen LogP contribution in [0, 0.1) is 10.1 Å². The van der Waals surface area contributed by atoms with Gasteiger partial charge in [0.15, 0.2) is 0 Å². The molecule has 18 heavy (non-hydrogen) atoms. The summed E-state index contributed by atoms with van der Waals surface area (Å²) in [6.45, 7) is 0. The van der Waals surface area contributed by atoms with Gasteiger partial charge in [-0.25, -0.2) is 0 Å². The van der Waals surface area contributed by atoms with E-state index in [0.29, 0.717) is 5.56 Å². The van der Waals surface area contributed by atoms with Gasteiger partial charge in [-0.15, -0.1) is 0 Å². The van der Waals surface area contributed by atoms with Gasteiger partial charge in [-0.3, -0.25) is 14.9 Å². The van der Waals surface area contributed by atoms with Gasteiger partial charge < -0.3 is 0 Å². The molecular weight excluding hydrogens is 254 g/mol. The van der Waals surface area contributed by atoms with E-state index in [9.17, 15) is 14.9 Å². The summed E-state index contributed by atoms with van der Waals surface area (Å²) in [7, 11) is 0. The first-order valence-electron chi connectivity index (χ1n) is 5.13. The Balaban J connectivity index is 2.57. The fraction of sp³-hybridized carbons (Fsp3) is 0. The highest BCUT2D eigenvalue weighted by Crippen LogP contribution is 2.27. The molecular formula is C13H8ClNO3. The summed E-state index contributed by atoms with van der Waals surface area (Å²) in [5.41, 5.74) is 1.14. The van der Waals surface area contributed by atoms with Gasteiger partial charge in [0.2, 0.25) is 0 Å². The minimum atomic E-state index is -0.832. The number of carbonyl (C=O) groups is 1. The second kappa shape index (κ2) is 4.98. The third-order valence-corrected chi connectivity index (χ3v) is 2.72. The van der Waals surface area contributed by atoms with E-state index in [0.717, 1.165) is 5.56 Å². The van der Waals surface area contributed by atoms with Crippen LogP contribution in [-0.4, -0.2) is 10.2 Å². The monoisotopic (exact) mass is 261 g/mol. The van der Waals surface area contributed by atoms with E-state index >= 15 is 0 Å². The largest absolute Gasteiger partial charge is 0.282 e. The van der Waals surface area contributed by atoms with E-state index in [4.69, 9.17) is 11.6 Å². The first-order valence-corrected chi connectivity index (χ1v) is 5.51. The van der Waals surface area contributed by atoms with Crippen molar-refractivity contribution in [2.45, 2.75) is 0 Å². The van der Waals surface area contributed by atoms with Crippen LogP contribution in [0.2, 0.25) is 0 Å². The summed E-state index contributed by atoms with van der Waals surface area (Å²) in [4.78, 5) is 21.4. The Labute approximate surface area is 108 Å². The molecule has 0 unspecified atom stereocenters. The average Bonchev–Trinajstić information content (AvgIpc) is 2.39. The van der Waals surface area contributed by atoms with Gasteiger partial charge in [-0.2, -0.15) is 0 Å². The molecule has 0 atom stereocenters.